The predicted octanol–water partition coefficient (Wildman–Crippen LogP) is 3.50. The van der Waals surface area contributed by atoms with Gasteiger partial charge in [0.25, 0.3) is 5.91 Å². The van der Waals surface area contributed by atoms with Crippen molar-refractivity contribution in [2.75, 3.05) is 19.0 Å². The summed E-state index contributed by atoms with van der Waals surface area (Å²) in [6.07, 6.45) is -0.641. The lowest BCUT2D eigenvalue weighted by molar-refractivity contribution is -0.122. The van der Waals surface area contributed by atoms with Crippen LogP contribution in [0.1, 0.15) is 13.8 Å². The highest BCUT2D eigenvalue weighted by Gasteiger charge is 2.16. The van der Waals surface area contributed by atoms with Crippen molar-refractivity contribution < 1.29 is 19.0 Å². The number of amides is 1. The maximum Gasteiger partial charge on any atom is 0.265 e. The van der Waals surface area contributed by atoms with Crippen LogP contribution in [-0.4, -0.2) is 25.7 Å². The van der Waals surface area contributed by atoms with Crippen molar-refractivity contribution in [2.45, 2.75) is 20.0 Å². The van der Waals surface area contributed by atoms with Crippen LogP contribution < -0.4 is 19.5 Å². The van der Waals surface area contributed by atoms with Gasteiger partial charge in [0.05, 0.1) is 19.4 Å². The van der Waals surface area contributed by atoms with Crippen molar-refractivity contribution in [3.8, 4) is 17.2 Å². The summed E-state index contributed by atoms with van der Waals surface area (Å²) in [4.78, 5) is 12.2. The largest absolute Gasteiger partial charge is 0.495 e. The fraction of sp³-hybridized carbons (Fsp3) is 0.278. The summed E-state index contributed by atoms with van der Waals surface area (Å²) in [6, 6.07) is 14.4. The number of ether oxygens (including phenoxy) is 3. The fourth-order valence-corrected chi connectivity index (χ4v) is 2.02. The zero-order valence-electron chi connectivity index (χ0n) is 13.5. The number of carbonyl (C=O) groups is 1. The van der Waals surface area contributed by atoms with Crippen molar-refractivity contribution in [3.63, 3.8) is 0 Å². The number of carbonyl (C=O) groups excluding carboxylic acids is 1. The van der Waals surface area contributed by atoms with Gasteiger partial charge in [-0.25, -0.2) is 0 Å². The van der Waals surface area contributed by atoms with Gasteiger partial charge in [-0.05, 0) is 50.2 Å². The molecule has 0 saturated carbocycles. The normalized spacial score (nSPS) is 11.4. The number of rotatable bonds is 7. The molecule has 1 N–H and O–H groups in total. The van der Waals surface area contributed by atoms with Gasteiger partial charge >= 0.3 is 0 Å². The van der Waals surface area contributed by atoms with E-state index < -0.39 is 6.10 Å². The standard InChI is InChI=1S/C18H21NO4/c1-4-22-14-9-11-15(12-10-14)23-13(2)18(20)19-16-7-5-6-8-17(16)21-3/h5-13H,4H2,1-3H3,(H,19,20). The van der Waals surface area contributed by atoms with Gasteiger partial charge in [0, 0.05) is 0 Å². The lowest BCUT2D eigenvalue weighted by atomic mass is 10.2. The minimum atomic E-state index is -0.641. The summed E-state index contributed by atoms with van der Waals surface area (Å²) in [5.74, 6) is 1.74. The molecule has 0 fully saturated rings. The summed E-state index contributed by atoms with van der Waals surface area (Å²) in [5, 5.41) is 2.80. The molecule has 1 amide bonds. The maximum absolute atomic E-state index is 12.2. The maximum atomic E-state index is 12.2. The van der Waals surface area contributed by atoms with E-state index in [1.54, 1.807) is 38.3 Å². The van der Waals surface area contributed by atoms with E-state index in [1.807, 2.05) is 31.2 Å². The van der Waals surface area contributed by atoms with Crippen LogP contribution in [-0.2, 0) is 4.79 Å². The molecule has 0 saturated heterocycles. The van der Waals surface area contributed by atoms with Gasteiger partial charge in [-0.2, -0.15) is 0 Å². The van der Waals surface area contributed by atoms with Crippen LogP contribution >= 0.6 is 0 Å². The summed E-state index contributed by atoms with van der Waals surface area (Å²) < 4.78 is 16.2. The molecule has 0 spiro atoms. The first-order valence-corrected chi connectivity index (χ1v) is 7.47. The zero-order valence-corrected chi connectivity index (χ0v) is 13.5. The molecule has 23 heavy (non-hydrogen) atoms. The molecule has 0 aromatic heterocycles. The molecule has 1 unspecified atom stereocenters. The van der Waals surface area contributed by atoms with E-state index in [9.17, 15) is 4.79 Å². The number of benzene rings is 2. The molecular weight excluding hydrogens is 294 g/mol. The van der Waals surface area contributed by atoms with Gasteiger partial charge in [-0.3, -0.25) is 4.79 Å². The molecule has 5 heteroatoms. The SMILES string of the molecule is CCOc1ccc(OC(C)C(=O)Nc2ccccc2OC)cc1. The molecule has 1 atom stereocenters. The van der Waals surface area contributed by atoms with Gasteiger partial charge in [0.1, 0.15) is 17.2 Å². The molecule has 0 radical (unpaired) electrons. The Labute approximate surface area is 136 Å². The molecule has 0 bridgehead atoms. The first-order valence-electron chi connectivity index (χ1n) is 7.47. The Kier molecular flexibility index (Phi) is 5.86. The van der Waals surface area contributed by atoms with E-state index in [1.165, 1.54) is 0 Å². The van der Waals surface area contributed by atoms with Gasteiger partial charge in [-0.1, -0.05) is 12.1 Å². The number of para-hydroxylation sites is 2. The van der Waals surface area contributed by atoms with Crippen LogP contribution in [0.3, 0.4) is 0 Å². The van der Waals surface area contributed by atoms with Gasteiger partial charge in [0.15, 0.2) is 6.10 Å². The summed E-state index contributed by atoms with van der Waals surface area (Å²) in [5.41, 5.74) is 0.613. The van der Waals surface area contributed by atoms with Crippen LogP contribution in [0.25, 0.3) is 0 Å². The van der Waals surface area contributed by atoms with E-state index in [0.717, 1.165) is 5.75 Å². The van der Waals surface area contributed by atoms with E-state index in [4.69, 9.17) is 14.2 Å². The molecule has 2 aromatic carbocycles. The number of hydrogen-bond donors (Lipinski definition) is 1. The molecular formula is C18H21NO4. The molecule has 0 aliphatic rings. The monoisotopic (exact) mass is 315 g/mol. The summed E-state index contributed by atoms with van der Waals surface area (Å²) in [7, 11) is 1.56. The van der Waals surface area contributed by atoms with Crippen LogP contribution in [0.2, 0.25) is 0 Å². The lowest BCUT2D eigenvalue weighted by Crippen LogP contribution is -2.30. The Morgan fingerprint density at radius 3 is 2.39 bits per heavy atom. The second-order valence-corrected chi connectivity index (χ2v) is 4.85. The number of hydrogen-bond acceptors (Lipinski definition) is 4. The Morgan fingerprint density at radius 2 is 1.74 bits per heavy atom. The molecule has 122 valence electrons. The highest BCUT2D eigenvalue weighted by Crippen LogP contribution is 2.24. The van der Waals surface area contributed by atoms with Gasteiger partial charge < -0.3 is 19.5 Å². The van der Waals surface area contributed by atoms with Gasteiger partial charge in [-0.15, -0.1) is 0 Å². The Hall–Kier alpha value is -2.69. The zero-order chi connectivity index (χ0) is 16.7. The van der Waals surface area contributed by atoms with Crippen molar-refractivity contribution in [3.05, 3.63) is 48.5 Å². The molecule has 2 aromatic rings. The topological polar surface area (TPSA) is 56.8 Å². The second kappa shape index (κ2) is 8.08. The van der Waals surface area contributed by atoms with Crippen LogP contribution in [0.5, 0.6) is 17.2 Å². The average molecular weight is 315 g/mol. The van der Waals surface area contributed by atoms with Crippen molar-refractivity contribution in [1.29, 1.82) is 0 Å². The minimum absolute atomic E-state index is 0.247. The van der Waals surface area contributed by atoms with Gasteiger partial charge in [0.2, 0.25) is 0 Å². The van der Waals surface area contributed by atoms with Crippen LogP contribution in [0, 0.1) is 0 Å². The van der Waals surface area contributed by atoms with Crippen molar-refractivity contribution >= 4 is 11.6 Å². The first-order chi connectivity index (χ1) is 11.1. The van der Waals surface area contributed by atoms with E-state index >= 15 is 0 Å². The van der Waals surface area contributed by atoms with Crippen LogP contribution in [0.4, 0.5) is 5.69 Å². The predicted molar refractivity (Wildman–Crippen MR) is 89.3 cm³/mol. The number of methoxy groups -OCH3 is 1. The molecule has 2 rings (SSSR count). The van der Waals surface area contributed by atoms with Crippen LogP contribution in [0.15, 0.2) is 48.5 Å². The summed E-state index contributed by atoms with van der Waals surface area (Å²) in [6.45, 7) is 4.23. The Morgan fingerprint density at radius 1 is 1.09 bits per heavy atom. The third kappa shape index (κ3) is 4.64. The molecule has 0 heterocycles. The van der Waals surface area contributed by atoms with E-state index in [-0.39, 0.29) is 5.91 Å². The van der Waals surface area contributed by atoms with Crippen molar-refractivity contribution in [2.24, 2.45) is 0 Å². The van der Waals surface area contributed by atoms with E-state index in [2.05, 4.69) is 5.32 Å². The number of nitrogens with one attached hydrogen (secondary N) is 1. The Balaban J connectivity index is 1.96. The highest BCUT2D eigenvalue weighted by atomic mass is 16.5. The highest BCUT2D eigenvalue weighted by molar-refractivity contribution is 5.95. The molecule has 5 nitrogen and oxygen atoms in total. The minimum Gasteiger partial charge on any atom is -0.495 e. The molecule has 0 aliphatic carbocycles. The smallest absolute Gasteiger partial charge is 0.265 e. The lowest BCUT2D eigenvalue weighted by Gasteiger charge is -2.16. The van der Waals surface area contributed by atoms with E-state index in [0.29, 0.717) is 23.8 Å². The first kappa shape index (κ1) is 16.7. The third-order valence-electron chi connectivity index (χ3n) is 3.18. The van der Waals surface area contributed by atoms with Crippen molar-refractivity contribution in [1.82, 2.24) is 0 Å². The Bertz CT molecular complexity index is 640. The average Bonchev–Trinajstić information content (AvgIpc) is 2.57. The fourth-order valence-electron chi connectivity index (χ4n) is 2.02. The quantitative estimate of drug-likeness (QED) is 0.849. The molecule has 0 aliphatic heterocycles. The third-order valence-corrected chi connectivity index (χ3v) is 3.18. The number of anilines is 1. The summed E-state index contributed by atoms with van der Waals surface area (Å²) >= 11 is 0. The second-order valence-electron chi connectivity index (χ2n) is 4.85.